The van der Waals surface area contributed by atoms with Crippen LogP contribution in [0.25, 0.3) is 0 Å². The van der Waals surface area contributed by atoms with Crippen molar-refractivity contribution >= 4 is 5.97 Å². The molecule has 1 aromatic rings. The van der Waals surface area contributed by atoms with Crippen molar-refractivity contribution in [1.82, 2.24) is 0 Å². The van der Waals surface area contributed by atoms with Crippen LogP contribution in [-0.4, -0.2) is 23.8 Å². The molecule has 92 valence electrons. The van der Waals surface area contributed by atoms with Crippen molar-refractivity contribution in [2.45, 2.75) is 25.9 Å². The Kier molecular flexibility index (Phi) is 5.43. The zero-order valence-electron chi connectivity index (χ0n) is 10.1. The van der Waals surface area contributed by atoms with Crippen LogP contribution in [0.3, 0.4) is 0 Å². The second-order valence-electron chi connectivity index (χ2n) is 4.05. The molecule has 0 aliphatic carbocycles. The van der Waals surface area contributed by atoms with Crippen LogP contribution in [0, 0.1) is 0 Å². The van der Waals surface area contributed by atoms with Crippen LogP contribution in [0.15, 0.2) is 42.5 Å². The highest BCUT2D eigenvalue weighted by molar-refractivity contribution is 5.86. The Hall–Kier alpha value is -1.61. The molecule has 1 unspecified atom stereocenters. The van der Waals surface area contributed by atoms with Gasteiger partial charge in [0.2, 0.25) is 0 Å². The summed E-state index contributed by atoms with van der Waals surface area (Å²) in [6, 6.07) is 9.73. The van der Waals surface area contributed by atoms with Crippen LogP contribution in [0.2, 0.25) is 0 Å². The number of aliphatic hydroxyl groups excluding tert-OH is 1. The summed E-state index contributed by atoms with van der Waals surface area (Å²) in [7, 11) is 0. The molecule has 17 heavy (non-hydrogen) atoms. The lowest BCUT2D eigenvalue weighted by Crippen LogP contribution is -2.16. The van der Waals surface area contributed by atoms with Crippen molar-refractivity contribution in [3.05, 3.63) is 48.0 Å². The predicted octanol–water partition coefficient (Wildman–Crippen LogP) is 2.10. The number of rotatable bonds is 6. The molecule has 1 rings (SSSR count). The van der Waals surface area contributed by atoms with Crippen LogP contribution in [0.4, 0.5) is 0 Å². The van der Waals surface area contributed by atoms with Gasteiger partial charge in [0.15, 0.2) is 0 Å². The van der Waals surface area contributed by atoms with Gasteiger partial charge in [-0.25, -0.2) is 4.79 Å². The first-order chi connectivity index (χ1) is 8.09. The Morgan fingerprint density at radius 1 is 1.41 bits per heavy atom. The lowest BCUT2D eigenvalue weighted by atomic mass is 10.1. The van der Waals surface area contributed by atoms with Gasteiger partial charge >= 0.3 is 5.97 Å². The molecule has 0 saturated heterocycles. The predicted molar refractivity (Wildman–Crippen MR) is 66.5 cm³/mol. The fourth-order valence-electron chi connectivity index (χ4n) is 1.40. The summed E-state index contributed by atoms with van der Waals surface area (Å²) >= 11 is 0. The van der Waals surface area contributed by atoms with Gasteiger partial charge in [0.25, 0.3) is 0 Å². The first kappa shape index (κ1) is 13.5. The fraction of sp³-hybridized carbons (Fsp3) is 0.357. The molecule has 0 radical (unpaired) electrons. The van der Waals surface area contributed by atoms with Crippen LogP contribution in [-0.2, 0) is 16.0 Å². The molecule has 0 aliphatic heterocycles. The Labute approximate surface area is 102 Å². The minimum atomic E-state index is -0.490. The normalized spacial score (nSPS) is 11.9. The standard InChI is InChI=1S/C14H18O3/c1-11(2)14(16)17-9-8-13(15)10-12-6-4-3-5-7-12/h3-7,13,15H,1,8-10H2,2H3. The third-order valence-corrected chi connectivity index (χ3v) is 2.35. The van der Waals surface area contributed by atoms with E-state index in [1.165, 1.54) is 0 Å². The summed E-state index contributed by atoms with van der Waals surface area (Å²) in [5, 5.41) is 9.74. The summed E-state index contributed by atoms with van der Waals surface area (Å²) in [6.45, 7) is 5.31. The van der Waals surface area contributed by atoms with Crippen molar-refractivity contribution in [3.63, 3.8) is 0 Å². The van der Waals surface area contributed by atoms with Gasteiger partial charge in [-0.05, 0) is 18.9 Å². The third-order valence-electron chi connectivity index (χ3n) is 2.35. The molecule has 0 amide bonds. The molecule has 0 bridgehead atoms. The number of aliphatic hydroxyl groups is 1. The second kappa shape index (κ2) is 6.86. The van der Waals surface area contributed by atoms with E-state index >= 15 is 0 Å². The third kappa shape index (κ3) is 5.31. The monoisotopic (exact) mass is 234 g/mol. The lowest BCUT2D eigenvalue weighted by molar-refractivity contribution is -0.139. The SMILES string of the molecule is C=C(C)C(=O)OCCC(O)Cc1ccccc1. The van der Waals surface area contributed by atoms with Gasteiger partial charge in [-0.2, -0.15) is 0 Å². The molecular formula is C14H18O3. The maximum Gasteiger partial charge on any atom is 0.333 e. The van der Waals surface area contributed by atoms with E-state index in [4.69, 9.17) is 4.74 Å². The number of carbonyl (C=O) groups is 1. The Morgan fingerprint density at radius 2 is 2.06 bits per heavy atom. The van der Waals surface area contributed by atoms with E-state index in [1.54, 1.807) is 6.92 Å². The topological polar surface area (TPSA) is 46.5 Å². The van der Waals surface area contributed by atoms with E-state index in [0.717, 1.165) is 5.56 Å². The van der Waals surface area contributed by atoms with E-state index < -0.39 is 12.1 Å². The summed E-state index contributed by atoms with van der Waals surface area (Å²) in [4.78, 5) is 11.1. The Bertz CT molecular complexity index is 370. The molecule has 1 N–H and O–H groups in total. The smallest absolute Gasteiger partial charge is 0.333 e. The zero-order chi connectivity index (χ0) is 12.7. The van der Waals surface area contributed by atoms with E-state index in [0.29, 0.717) is 18.4 Å². The van der Waals surface area contributed by atoms with Crippen LogP contribution < -0.4 is 0 Å². The summed E-state index contributed by atoms with van der Waals surface area (Å²) in [5.74, 6) is -0.406. The number of benzene rings is 1. The van der Waals surface area contributed by atoms with Crippen LogP contribution in [0.5, 0.6) is 0 Å². The molecule has 0 fully saturated rings. The van der Waals surface area contributed by atoms with Crippen LogP contribution in [0.1, 0.15) is 18.9 Å². The summed E-state index contributed by atoms with van der Waals surface area (Å²) in [5.41, 5.74) is 1.45. The lowest BCUT2D eigenvalue weighted by Gasteiger charge is -2.10. The fourth-order valence-corrected chi connectivity index (χ4v) is 1.40. The van der Waals surface area contributed by atoms with Gasteiger partial charge in [0.05, 0.1) is 12.7 Å². The maximum absolute atomic E-state index is 11.1. The number of hydrogen-bond acceptors (Lipinski definition) is 3. The minimum absolute atomic E-state index is 0.222. The quantitative estimate of drug-likeness (QED) is 0.605. The molecule has 0 spiro atoms. The van der Waals surface area contributed by atoms with E-state index in [2.05, 4.69) is 6.58 Å². The molecule has 1 aromatic carbocycles. The first-order valence-corrected chi connectivity index (χ1v) is 5.64. The van der Waals surface area contributed by atoms with Gasteiger partial charge in [-0.1, -0.05) is 36.9 Å². The molecule has 3 nitrogen and oxygen atoms in total. The van der Waals surface area contributed by atoms with E-state index in [1.807, 2.05) is 30.3 Å². The van der Waals surface area contributed by atoms with Crippen molar-refractivity contribution in [2.75, 3.05) is 6.61 Å². The molecule has 0 aliphatic rings. The van der Waals surface area contributed by atoms with Gasteiger partial charge in [-0.15, -0.1) is 0 Å². The number of ether oxygens (including phenoxy) is 1. The molecule has 0 saturated carbocycles. The van der Waals surface area contributed by atoms with Crippen molar-refractivity contribution in [1.29, 1.82) is 0 Å². The molecule has 1 atom stereocenters. The van der Waals surface area contributed by atoms with Gasteiger partial charge in [0, 0.05) is 12.0 Å². The average Bonchev–Trinajstić information content (AvgIpc) is 2.30. The molecule has 0 aromatic heterocycles. The zero-order valence-corrected chi connectivity index (χ0v) is 10.1. The summed E-state index contributed by atoms with van der Waals surface area (Å²) < 4.78 is 4.91. The minimum Gasteiger partial charge on any atom is -0.462 e. The van der Waals surface area contributed by atoms with Crippen LogP contribution >= 0.6 is 0 Å². The molecule has 3 heteroatoms. The summed E-state index contributed by atoms with van der Waals surface area (Å²) in [6.07, 6.45) is 0.523. The number of hydrogen-bond donors (Lipinski definition) is 1. The maximum atomic E-state index is 11.1. The van der Waals surface area contributed by atoms with E-state index in [9.17, 15) is 9.90 Å². The van der Waals surface area contributed by atoms with Gasteiger partial charge in [0.1, 0.15) is 0 Å². The highest BCUT2D eigenvalue weighted by Crippen LogP contribution is 2.06. The van der Waals surface area contributed by atoms with E-state index in [-0.39, 0.29) is 6.61 Å². The highest BCUT2D eigenvalue weighted by atomic mass is 16.5. The van der Waals surface area contributed by atoms with Crippen molar-refractivity contribution in [2.24, 2.45) is 0 Å². The Morgan fingerprint density at radius 3 is 2.65 bits per heavy atom. The van der Waals surface area contributed by atoms with Gasteiger partial charge in [-0.3, -0.25) is 0 Å². The Balaban J connectivity index is 2.24. The number of esters is 1. The van der Waals surface area contributed by atoms with Crippen molar-refractivity contribution < 1.29 is 14.6 Å². The second-order valence-corrected chi connectivity index (χ2v) is 4.05. The average molecular weight is 234 g/mol. The highest BCUT2D eigenvalue weighted by Gasteiger charge is 2.08. The molecule has 0 heterocycles. The number of carbonyl (C=O) groups excluding carboxylic acids is 1. The van der Waals surface area contributed by atoms with Gasteiger partial charge < -0.3 is 9.84 Å². The largest absolute Gasteiger partial charge is 0.462 e. The first-order valence-electron chi connectivity index (χ1n) is 5.64. The molecular weight excluding hydrogens is 216 g/mol. The van der Waals surface area contributed by atoms with Crippen molar-refractivity contribution in [3.8, 4) is 0 Å².